The molecule has 6 nitrogen and oxygen atoms in total. The standard InChI is InChI=1S/C9H14N2O4S2/c1-4-9(2,3)11-17(14,15)8-6(7(12)13)10-5-16-8/h5,11H,4H2,1-3H3,(H,12,13). The summed E-state index contributed by atoms with van der Waals surface area (Å²) in [6, 6.07) is 0. The number of carboxylic acids is 1. The normalized spacial score (nSPS) is 12.6. The van der Waals surface area contributed by atoms with Crippen molar-refractivity contribution in [2.45, 2.75) is 36.9 Å². The molecule has 0 bridgehead atoms. The van der Waals surface area contributed by atoms with Gasteiger partial charge in [0.2, 0.25) is 0 Å². The molecule has 0 amide bonds. The first-order valence-corrected chi connectivity index (χ1v) is 7.26. The highest BCUT2D eigenvalue weighted by atomic mass is 32.2. The molecule has 1 aromatic heterocycles. The summed E-state index contributed by atoms with van der Waals surface area (Å²) in [6.07, 6.45) is 0.591. The lowest BCUT2D eigenvalue weighted by Crippen LogP contribution is -2.42. The van der Waals surface area contributed by atoms with Crippen molar-refractivity contribution in [3.8, 4) is 0 Å². The van der Waals surface area contributed by atoms with Gasteiger partial charge in [0.1, 0.15) is 0 Å². The van der Waals surface area contributed by atoms with Crippen molar-refractivity contribution in [3.05, 3.63) is 11.2 Å². The van der Waals surface area contributed by atoms with Crippen molar-refractivity contribution in [2.75, 3.05) is 0 Å². The second-order valence-corrected chi connectivity index (χ2v) is 6.87. The minimum Gasteiger partial charge on any atom is -0.476 e. The summed E-state index contributed by atoms with van der Waals surface area (Å²) in [7, 11) is -3.84. The maximum atomic E-state index is 12.0. The summed E-state index contributed by atoms with van der Waals surface area (Å²) < 4.78 is 26.2. The Morgan fingerprint density at radius 2 is 2.18 bits per heavy atom. The molecule has 1 heterocycles. The van der Waals surface area contributed by atoms with Crippen LogP contribution in [0.5, 0.6) is 0 Å². The van der Waals surface area contributed by atoms with E-state index in [1.54, 1.807) is 13.8 Å². The third kappa shape index (κ3) is 3.24. The first kappa shape index (κ1) is 14.1. The molecule has 96 valence electrons. The predicted molar refractivity (Wildman–Crippen MR) is 63.8 cm³/mol. The summed E-state index contributed by atoms with van der Waals surface area (Å²) in [6.45, 7) is 5.30. The smallest absolute Gasteiger partial charge is 0.356 e. The highest BCUT2D eigenvalue weighted by Crippen LogP contribution is 2.22. The zero-order valence-corrected chi connectivity index (χ0v) is 11.4. The van der Waals surface area contributed by atoms with Gasteiger partial charge in [-0.3, -0.25) is 0 Å². The SMILES string of the molecule is CCC(C)(C)NS(=O)(=O)c1scnc1C(=O)O. The van der Waals surface area contributed by atoms with Crippen molar-refractivity contribution >= 4 is 27.3 Å². The fourth-order valence-corrected chi connectivity index (χ4v) is 3.68. The largest absolute Gasteiger partial charge is 0.476 e. The lowest BCUT2D eigenvalue weighted by Gasteiger charge is -2.23. The molecule has 0 aromatic carbocycles. The molecule has 0 aliphatic carbocycles. The summed E-state index contributed by atoms with van der Waals surface area (Å²) >= 11 is 0.794. The van der Waals surface area contributed by atoms with E-state index in [9.17, 15) is 13.2 Å². The molecule has 0 atom stereocenters. The Morgan fingerprint density at radius 1 is 1.59 bits per heavy atom. The lowest BCUT2D eigenvalue weighted by atomic mass is 10.0. The molecule has 1 aromatic rings. The summed E-state index contributed by atoms with van der Waals surface area (Å²) in [5, 5.41) is 8.83. The van der Waals surface area contributed by atoms with Crippen LogP contribution < -0.4 is 4.72 Å². The minimum atomic E-state index is -3.84. The molecular formula is C9H14N2O4S2. The molecule has 0 saturated carbocycles. The first-order chi connectivity index (χ1) is 7.69. The van der Waals surface area contributed by atoms with Crippen LogP contribution in [0.1, 0.15) is 37.7 Å². The maximum absolute atomic E-state index is 12.0. The number of thiazole rings is 1. The van der Waals surface area contributed by atoms with E-state index in [0.717, 1.165) is 11.3 Å². The first-order valence-electron chi connectivity index (χ1n) is 4.90. The van der Waals surface area contributed by atoms with Gasteiger partial charge in [-0.25, -0.2) is 22.9 Å². The number of aromatic nitrogens is 1. The molecule has 0 fully saturated rings. The highest BCUT2D eigenvalue weighted by molar-refractivity contribution is 7.91. The summed E-state index contributed by atoms with van der Waals surface area (Å²) in [4.78, 5) is 14.4. The van der Waals surface area contributed by atoms with Crippen LogP contribution in [0.4, 0.5) is 0 Å². The zero-order chi connectivity index (χ0) is 13.3. The van der Waals surface area contributed by atoms with E-state index >= 15 is 0 Å². The molecular weight excluding hydrogens is 264 g/mol. The average Bonchev–Trinajstić information content (AvgIpc) is 2.65. The number of nitrogens with one attached hydrogen (secondary N) is 1. The fourth-order valence-electron chi connectivity index (χ4n) is 1.05. The van der Waals surface area contributed by atoms with Crippen molar-refractivity contribution < 1.29 is 18.3 Å². The van der Waals surface area contributed by atoms with Gasteiger partial charge in [0.05, 0.1) is 5.51 Å². The summed E-state index contributed by atoms with van der Waals surface area (Å²) in [5.41, 5.74) is 0.143. The third-order valence-corrected chi connectivity index (χ3v) is 5.34. The molecule has 0 aliphatic rings. The van der Waals surface area contributed by atoms with Gasteiger partial charge in [0, 0.05) is 5.54 Å². The van der Waals surface area contributed by atoms with Crippen LogP contribution in [-0.4, -0.2) is 30.0 Å². The number of carbonyl (C=O) groups is 1. The van der Waals surface area contributed by atoms with Gasteiger partial charge in [0.15, 0.2) is 9.90 Å². The van der Waals surface area contributed by atoms with E-state index in [1.807, 2.05) is 6.92 Å². The number of hydrogen-bond acceptors (Lipinski definition) is 5. The van der Waals surface area contributed by atoms with Crippen LogP contribution in [0, 0.1) is 0 Å². The zero-order valence-electron chi connectivity index (χ0n) is 9.72. The minimum absolute atomic E-state index is 0.258. The molecule has 0 unspecified atom stereocenters. The van der Waals surface area contributed by atoms with Crippen LogP contribution in [0.25, 0.3) is 0 Å². The number of sulfonamides is 1. The van der Waals surface area contributed by atoms with Gasteiger partial charge in [0.25, 0.3) is 10.0 Å². The monoisotopic (exact) mass is 278 g/mol. The number of rotatable bonds is 5. The van der Waals surface area contributed by atoms with Crippen molar-refractivity contribution in [1.82, 2.24) is 9.71 Å². The van der Waals surface area contributed by atoms with Crippen LogP contribution in [0.15, 0.2) is 9.72 Å². The van der Waals surface area contributed by atoms with Crippen LogP contribution in [0.2, 0.25) is 0 Å². The number of hydrogen-bond donors (Lipinski definition) is 2. The van der Waals surface area contributed by atoms with E-state index in [1.165, 1.54) is 5.51 Å². The maximum Gasteiger partial charge on any atom is 0.356 e. The number of carboxylic acid groups (broad SMARTS) is 1. The summed E-state index contributed by atoms with van der Waals surface area (Å²) in [5.74, 6) is -1.35. The molecule has 0 aliphatic heterocycles. The number of nitrogens with zero attached hydrogens (tertiary/aromatic N) is 1. The second-order valence-electron chi connectivity index (χ2n) is 4.14. The highest BCUT2D eigenvalue weighted by Gasteiger charge is 2.30. The lowest BCUT2D eigenvalue weighted by molar-refractivity contribution is 0.0687. The quantitative estimate of drug-likeness (QED) is 0.846. The van der Waals surface area contributed by atoms with Gasteiger partial charge in [-0.1, -0.05) is 6.92 Å². The van der Waals surface area contributed by atoms with E-state index in [-0.39, 0.29) is 4.21 Å². The van der Waals surface area contributed by atoms with Crippen molar-refractivity contribution in [2.24, 2.45) is 0 Å². The number of aromatic carboxylic acids is 1. The Kier molecular flexibility index (Phi) is 3.90. The van der Waals surface area contributed by atoms with Gasteiger partial charge in [-0.15, -0.1) is 11.3 Å². The van der Waals surface area contributed by atoms with Gasteiger partial charge in [-0.05, 0) is 20.3 Å². The van der Waals surface area contributed by atoms with E-state index < -0.39 is 27.2 Å². The average molecular weight is 278 g/mol. The van der Waals surface area contributed by atoms with Crippen molar-refractivity contribution in [1.29, 1.82) is 0 Å². The molecule has 17 heavy (non-hydrogen) atoms. The van der Waals surface area contributed by atoms with E-state index in [4.69, 9.17) is 5.11 Å². The molecule has 0 saturated heterocycles. The molecule has 0 radical (unpaired) electrons. The predicted octanol–water partition coefficient (Wildman–Crippen LogP) is 1.31. The Hall–Kier alpha value is -0.990. The fraction of sp³-hybridized carbons (Fsp3) is 0.556. The van der Waals surface area contributed by atoms with Gasteiger partial charge < -0.3 is 5.11 Å². The molecule has 8 heteroatoms. The molecule has 1 rings (SSSR count). The Labute approximate surface area is 104 Å². The van der Waals surface area contributed by atoms with Crippen LogP contribution in [0.3, 0.4) is 0 Å². The molecule has 0 spiro atoms. The third-order valence-electron chi connectivity index (χ3n) is 2.28. The Bertz CT molecular complexity index is 519. The van der Waals surface area contributed by atoms with Gasteiger partial charge >= 0.3 is 5.97 Å². The van der Waals surface area contributed by atoms with E-state index in [0.29, 0.717) is 6.42 Å². The van der Waals surface area contributed by atoms with Gasteiger partial charge in [-0.2, -0.15) is 0 Å². The second kappa shape index (κ2) is 4.71. The Morgan fingerprint density at radius 3 is 2.65 bits per heavy atom. The molecule has 2 N–H and O–H groups in total. The van der Waals surface area contributed by atoms with Crippen LogP contribution >= 0.6 is 11.3 Å². The Balaban J connectivity index is 3.15. The van der Waals surface area contributed by atoms with Crippen LogP contribution in [-0.2, 0) is 10.0 Å². The topological polar surface area (TPSA) is 96.4 Å². The van der Waals surface area contributed by atoms with Crippen molar-refractivity contribution in [3.63, 3.8) is 0 Å². The van der Waals surface area contributed by atoms with E-state index in [2.05, 4.69) is 9.71 Å².